The lowest BCUT2D eigenvalue weighted by molar-refractivity contribution is 0.623. The minimum Gasteiger partial charge on any atom is -0.456 e. The topological polar surface area (TPSA) is 42.4 Å². The highest BCUT2D eigenvalue weighted by molar-refractivity contribution is 6.96. The normalized spacial score (nSPS) is 11.8. The number of rotatable bonds is 7. The zero-order valence-electron chi connectivity index (χ0n) is 32.5. The molecule has 0 fully saturated rings. The molecule has 0 amide bonds. The van der Waals surface area contributed by atoms with E-state index in [2.05, 4.69) is 187 Å². The minimum absolute atomic E-state index is 0.615. The molecule has 2 aromatic heterocycles. The van der Waals surface area contributed by atoms with Crippen LogP contribution in [0.1, 0.15) is 0 Å². The van der Waals surface area contributed by atoms with Crippen LogP contribution < -0.4 is 20.5 Å². The number of fused-ring (bicyclic) bond motifs is 9. The highest BCUT2D eigenvalue weighted by atomic mass is 28.3. The first-order valence-corrected chi connectivity index (χ1v) is 22.1. The molecule has 0 N–H and O–H groups in total. The van der Waals surface area contributed by atoms with Crippen molar-refractivity contribution in [3.63, 3.8) is 0 Å². The summed E-state index contributed by atoms with van der Waals surface area (Å²) >= 11 is 0. The van der Waals surface area contributed by atoms with Gasteiger partial charge < -0.3 is 13.7 Å². The van der Waals surface area contributed by atoms with Gasteiger partial charge in [0.25, 0.3) is 0 Å². The van der Waals surface area contributed by atoms with Gasteiger partial charge in [0.2, 0.25) is 5.89 Å². The first-order chi connectivity index (χ1) is 29.8. The summed E-state index contributed by atoms with van der Waals surface area (Å²) in [5, 5.41) is 12.8. The number of benzene rings is 10. The lowest BCUT2D eigenvalue weighted by Crippen LogP contribution is -2.53. The number of oxazole rings is 1. The molecule has 4 nitrogen and oxygen atoms in total. The average Bonchev–Trinajstić information content (AvgIpc) is 3.92. The van der Waals surface area contributed by atoms with Gasteiger partial charge in [-0.2, -0.15) is 0 Å². The summed E-state index contributed by atoms with van der Waals surface area (Å²) in [6.45, 7) is 0. The first kappa shape index (κ1) is 34.3. The molecular formula is C55H36N2O2Si. The summed E-state index contributed by atoms with van der Waals surface area (Å²) < 4.78 is 13.4. The number of nitrogens with zero attached hydrogens (tertiary/aromatic N) is 2. The summed E-state index contributed by atoms with van der Waals surface area (Å²) in [5.41, 5.74) is 7.56. The van der Waals surface area contributed by atoms with Crippen molar-refractivity contribution in [1.82, 2.24) is 4.98 Å². The number of hydrogen-bond acceptors (Lipinski definition) is 4. The molecule has 2 heterocycles. The predicted octanol–water partition coefficient (Wildman–Crippen LogP) is 12.6. The van der Waals surface area contributed by atoms with Gasteiger partial charge in [-0.25, -0.2) is 4.98 Å². The second kappa shape index (κ2) is 14.0. The fourth-order valence-corrected chi connectivity index (χ4v) is 12.4. The van der Waals surface area contributed by atoms with Crippen LogP contribution in [-0.4, -0.2) is 13.8 Å². The predicted molar refractivity (Wildman–Crippen MR) is 253 cm³/mol. The number of anilines is 3. The molecule has 0 bridgehead atoms. The molecule has 0 spiro atoms. The van der Waals surface area contributed by atoms with Crippen LogP contribution in [-0.2, 0) is 0 Å². The number of furan rings is 1. The number of hydrogen-bond donors (Lipinski definition) is 0. The van der Waals surface area contributed by atoms with E-state index in [1.54, 1.807) is 0 Å². The Morgan fingerprint density at radius 3 is 1.87 bits per heavy atom. The van der Waals surface area contributed by atoms with Gasteiger partial charge in [-0.3, -0.25) is 0 Å². The Labute approximate surface area is 347 Å². The van der Waals surface area contributed by atoms with Crippen molar-refractivity contribution in [3.05, 3.63) is 212 Å². The van der Waals surface area contributed by atoms with Crippen LogP contribution in [0.5, 0.6) is 0 Å². The van der Waals surface area contributed by atoms with Gasteiger partial charge in [-0.15, -0.1) is 0 Å². The second-order valence-electron chi connectivity index (χ2n) is 15.4. The molecule has 0 unspecified atom stereocenters. The lowest BCUT2D eigenvalue weighted by atomic mass is 9.98. The maximum absolute atomic E-state index is 6.72. The molecule has 60 heavy (non-hydrogen) atoms. The smallest absolute Gasteiger partial charge is 0.227 e. The fraction of sp³-hybridized carbons (Fsp3) is 0. The van der Waals surface area contributed by atoms with E-state index < -0.39 is 8.80 Å². The van der Waals surface area contributed by atoms with Crippen LogP contribution in [0.3, 0.4) is 0 Å². The van der Waals surface area contributed by atoms with Crippen molar-refractivity contribution in [2.24, 2.45) is 0 Å². The monoisotopic (exact) mass is 784 g/mol. The third kappa shape index (κ3) is 5.55. The van der Waals surface area contributed by atoms with Gasteiger partial charge in [0.1, 0.15) is 25.5 Å². The van der Waals surface area contributed by atoms with Crippen LogP contribution in [0.2, 0.25) is 0 Å². The SMILES string of the molecule is c1ccc(-c2nc3ccc4ccc5ccc(N(c6ccccc6[SiH](c6ccccc6)c6ccccc6)c6c7ccccc7cc7oc8ccccc8c67)cc5c4c3o2)cc1. The highest BCUT2D eigenvalue weighted by Gasteiger charge is 2.29. The Kier molecular flexibility index (Phi) is 8.00. The summed E-state index contributed by atoms with van der Waals surface area (Å²) in [6, 6.07) is 76.2. The zero-order chi connectivity index (χ0) is 39.6. The summed E-state index contributed by atoms with van der Waals surface area (Å²) in [6.07, 6.45) is 0. The molecule has 0 aliphatic heterocycles. The van der Waals surface area contributed by atoms with Gasteiger partial charge in [-0.1, -0.05) is 174 Å². The second-order valence-corrected chi connectivity index (χ2v) is 18.3. The molecule has 12 aromatic rings. The maximum Gasteiger partial charge on any atom is 0.227 e. The zero-order valence-corrected chi connectivity index (χ0v) is 33.7. The van der Waals surface area contributed by atoms with E-state index in [4.69, 9.17) is 13.8 Å². The molecule has 12 rings (SSSR count). The Bertz CT molecular complexity index is 3520. The fourth-order valence-electron chi connectivity index (χ4n) is 9.28. The summed E-state index contributed by atoms with van der Waals surface area (Å²) in [5.74, 6) is 0.615. The first-order valence-electron chi connectivity index (χ1n) is 20.4. The molecule has 5 heteroatoms. The van der Waals surface area contributed by atoms with E-state index in [0.29, 0.717) is 5.89 Å². The minimum atomic E-state index is -2.05. The van der Waals surface area contributed by atoms with Crippen LogP contribution in [0.15, 0.2) is 221 Å². The van der Waals surface area contributed by atoms with Gasteiger partial charge in [0.05, 0.1) is 11.1 Å². The van der Waals surface area contributed by atoms with E-state index in [1.807, 2.05) is 30.3 Å². The summed E-state index contributed by atoms with van der Waals surface area (Å²) in [4.78, 5) is 7.51. The van der Waals surface area contributed by atoms with Crippen LogP contribution >= 0.6 is 0 Å². The molecule has 0 atom stereocenters. The Morgan fingerprint density at radius 1 is 0.433 bits per heavy atom. The largest absolute Gasteiger partial charge is 0.456 e. The summed E-state index contributed by atoms with van der Waals surface area (Å²) in [7, 11) is -2.05. The maximum atomic E-state index is 6.72. The molecule has 0 radical (unpaired) electrons. The third-order valence-electron chi connectivity index (χ3n) is 12.0. The van der Waals surface area contributed by atoms with Crippen LogP contribution in [0.25, 0.3) is 76.8 Å². The van der Waals surface area contributed by atoms with Gasteiger partial charge in [0, 0.05) is 33.1 Å². The van der Waals surface area contributed by atoms with Gasteiger partial charge >= 0.3 is 0 Å². The highest BCUT2D eigenvalue weighted by Crippen LogP contribution is 2.48. The molecule has 0 aliphatic rings. The average molecular weight is 785 g/mol. The molecule has 10 aromatic carbocycles. The van der Waals surface area contributed by atoms with Crippen molar-refractivity contribution < 1.29 is 8.83 Å². The van der Waals surface area contributed by atoms with Gasteiger partial charge in [0.15, 0.2) is 5.58 Å². The Morgan fingerprint density at radius 2 is 1.07 bits per heavy atom. The van der Waals surface area contributed by atoms with Crippen molar-refractivity contribution in [2.75, 3.05) is 4.90 Å². The van der Waals surface area contributed by atoms with Crippen molar-refractivity contribution in [3.8, 4) is 11.5 Å². The van der Waals surface area contributed by atoms with Crippen molar-refractivity contribution >= 4 is 107 Å². The van der Waals surface area contributed by atoms with E-state index in [-0.39, 0.29) is 0 Å². The van der Waals surface area contributed by atoms with E-state index in [9.17, 15) is 0 Å². The number of aromatic nitrogens is 1. The molecule has 0 aliphatic carbocycles. The lowest BCUT2D eigenvalue weighted by Gasteiger charge is -2.32. The number of para-hydroxylation sites is 2. The van der Waals surface area contributed by atoms with E-state index in [0.717, 1.165) is 88.0 Å². The molecule has 0 saturated heterocycles. The third-order valence-corrected chi connectivity index (χ3v) is 15.2. The van der Waals surface area contributed by atoms with Crippen LogP contribution in [0.4, 0.5) is 17.1 Å². The molecule has 0 saturated carbocycles. The molecule has 282 valence electrons. The van der Waals surface area contributed by atoms with Crippen molar-refractivity contribution in [1.29, 1.82) is 0 Å². The molecular weight excluding hydrogens is 749 g/mol. The van der Waals surface area contributed by atoms with Gasteiger partial charge in [-0.05, 0) is 75.3 Å². The van der Waals surface area contributed by atoms with E-state index >= 15 is 0 Å². The standard InChI is InChI=1S/C55H36N2O2Si/c1-4-16-38(17-5-1)55-56-46-33-31-37-29-28-36-30-32-40(35-45(36)51(37)54(46)59-55)57(53-43-23-11-10-18-39(43)34-49-52(53)44-24-12-14-26-48(44)58-49)47-25-13-15-27-50(47)60(41-19-6-2-7-20-41)42-21-8-3-9-22-42/h1-35,60H. The Hall–Kier alpha value is -7.73. The van der Waals surface area contributed by atoms with E-state index in [1.165, 1.54) is 15.6 Å². The van der Waals surface area contributed by atoms with Crippen LogP contribution in [0, 0.1) is 0 Å². The quantitative estimate of drug-likeness (QED) is 0.0917. The Balaban J connectivity index is 1.20. The van der Waals surface area contributed by atoms with Crippen molar-refractivity contribution in [2.45, 2.75) is 0 Å².